The zero-order chi connectivity index (χ0) is 31.5. The number of ether oxygens (including phenoxy) is 1. The van der Waals surface area contributed by atoms with Gasteiger partial charge in [0.15, 0.2) is 0 Å². The van der Waals surface area contributed by atoms with E-state index in [1.54, 1.807) is 21.0 Å². The SMILES string of the molecule is COc1ccccc1CN(CC(Cc1c[nH]c2ccccc12)N(C(C)=O)N1CC=C(c2c[nH]c3ccc(Cl)cc23)CC1)C(C)=O. The van der Waals surface area contributed by atoms with Crippen molar-refractivity contribution >= 4 is 50.8 Å². The lowest BCUT2D eigenvalue weighted by Gasteiger charge is -2.43. The van der Waals surface area contributed by atoms with E-state index in [0.29, 0.717) is 37.6 Å². The molecule has 0 bridgehead atoms. The lowest BCUT2D eigenvalue weighted by atomic mass is 9.99. The zero-order valence-corrected chi connectivity index (χ0v) is 26.6. The van der Waals surface area contributed by atoms with Crippen LogP contribution in [0.2, 0.25) is 5.02 Å². The van der Waals surface area contributed by atoms with Crippen LogP contribution in [-0.2, 0) is 22.6 Å². The molecule has 1 unspecified atom stereocenters. The molecule has 2 aromatic heterocycles. The Morgan fingerprint density at radius 2 is 1.69 bits per heavy atom. The fraction of sp³-hybridized carbons (Fsp3) is 0.278. The van der Waals surface area contributed by atoms with Crippen molar-refractivity contribution < 1.29 is 14.3 Å². The third-order valence-electron chi connectivity index (χ3n) is 8.71. The van der Waals surface area contributed by atoms with Gasteiger partial charge in [-0.2, -0.15) is 0 Å². The predicted molar refractivity (Wildman–Crippen MR) is 180 cm³/mol. The molecule has 0 saturated carbocycles. The molecule has 5 aromatic rings. The van der Waals surface area contributed by atoms with Crippen molar-refractivity contribution in [2.24, 2.45) is 0 Å². The van der Waals surface area contributed by atoms with E-state index < -0.39 is 0 Å². The Bertz CT molecular complexity index is 1870. The first kappa shape index (κ1) is 30.5. The van der Waals surface area contributed by atoms with Gasteiger partial charge in [-0.25, -0.2) is 5.01 Å². The third kappa shape index (κ3) is 6.48. The number of H-pyrrole nitrogens is 2. The molecule has 6 rings (SSSR count). The number of hydrogen-bond acceptors (Lipinski definition) is 4. The van der Waals surface area contributed by atoms with E-state index in [4.69, 9.17) is 16.3 Å². The summed E-state index contributed by atoms with van der Waals surface area (Å²) in [6.45, 7) is 5.17. The lowest BCUT2D eigenvalue weighted by Crippen LogP contribution is -2.57. The van der Waals surface area contributed by atoms with Crippen LogP contribution < -0.4 is 4.74 Å². The first-order chi connectivity index (χ1) is 21.8. The minimum atomic E-state index is -0.304. The van der Waals surface area contributed by atoms with Crippen molar-refractivity contribution in [3.8, 4) is 5.75 Å². The molecule has 0 aliphatic carbocycles. The minimum Gasteiger partial charge on any atom is -0.496 e. The van der Waals surface area contributed by atoms with E-state index in [-0.39, 0.29) is 17.9 Å². The summed E-state index contributed by atoms with van der Waals surface area (Å²) in [5, 5.41) is 6.90. The van der Waals surface area contributed by atoms with E-state index in [9.17, 15) is 9.59 Å². The normalized spacial score (nSPS) is 14.4. The van der Waals surface area contributed by atoms with E-state index >= 15 is 0 Å². The van der Waals surface area contributed by atoms with Gasteiger partial charge in [0.2, 0.25) is 11.8 Å². The molecule has 0 saturated heterocycles. The number of para-hydroxylation sites is 2. The number of rotatable bonds is 10. The summed E-state index contributed by atoms with van der Waals surface area (Å²) in [7, 11) is 1.64. The maximum atomic E-state index is 13.5. The standard InChI is InChI=1S/C36H38ClN5O3/c1-24(43)40(22-27-8-4-7-11-36(27)45-3)23-30(18-28-20-38-34-10-6-5-9-31(28)34)42(25(2)44)41-16-14-26(15-17-41)33-21-39-35-13-12-29(37)19-32(33)35/h4-14,19-21,30,38-39H,15-18,22-23H2,1-3H3. The number of aromatic nitrogens is 2. The number of hydrazine groups is 1. The second-order valence-electron chi connectivity index (χ2n) is 11.6. The molecule has 1 aliphatic rings. The lowest BCUT2D eigenvalue weighted by molar-refractivity contribution is -0.155. The highest BCUT2D eigenvalue weighted by Crippen LogP contribution is 2.32. The maximum absolute atomic E-state index is 13.5. The van der Waals surface area contributed by atoms with Gasteiger partial charge in [-0.15, -0.1) is 0 Å². The summed E-state index contributed by atoms with van der Waals surface area (Å²) >= 11 is 6.32. The van der Waals surface area contributed by atoms with Crippen LogP contribution in [0.5, 0.6) is 5.75 Å². The van der Waals surface area contributed by atoms with Gasteiger partial charge < -0.3 is 19.6 Å². The Balaban J connectivity index is 1.32. The molecule has 1 aliphatic heterocycles. The van der Waals surface area contributed by atoms with Gasteiger partial charge in [-0.05, 0) is 54.3 Å². The first-order valence-electron chi connectivity index (χ1n) is 15.3. The smallest absolute Gasteiger partial charge is 0.234 e. The molecular formula is C36H38ClN5O3. The molecule has 2 N–H and O–H groups in total. The quantitative estimate of drug-likeness (QED) is 0.179. The molecule has 1 atom stereocenters. The number of benzene rings is 3. The Hall–Kier alpha value is -4.53. The second kappa shape index (κ2) is 13.2. The molecule has 3 heterocycles. The van der Waals surface area contributed by atoms with Crippen LogP contribution in [0.15, 0.2) is 85.2 Å². The Labute approximate surface area is 268 Å². The zero-order valence-electron chi connectivity index (χ0n) is 25.8. The van der Waals surface area contributed by atoms with Crippen molar-refractivity contribution in [1.82, 2.24) is 24.9 Å². The highest BCUT2D eigenvalue weighted by molar-refractivity contribution is 6.31. The third-order valence-corrected chi connectivity index (χ3v) is 8.95. The van der Waals surface area contributed by atoms with Crippen LogP contribution in [0.25, 0.3) is 27.4 Å². The average Bonchev–Trinajstić information content (AvgIpc) is 3.65. The number of nitrogens with zero attached hydrogens (tertiary/aromatic N) is 3. The number of fused-ring (bicyclic) bond motifs is 2. The van der Waals surface area contributed by atoms with Gasteiger partial charge in [0, 0.05) is 90.4 Å². The number of nitrogens with one attached hydrogen (secondary N) is 2. The van der Waals surface area contributed by atoms with Crippen molar-refractivity contribution in [3.05, 3.63) is 107 Å². The number of carbonyl (C=O) groups is 2. The summed E-state index contributed by atoms with van der Waals surface area (Å²) in [5.74, 6) is 0.608. The van der Waals surface area contributed by atoms with E-state index in [1.807, 2.05) is 76.9 Å². The van der Waals surface area contributed by atoms with Gasteiger partial charge in [-0.3, -0.25) is 14.6 Å². The average molecular weight is 624 g/mol. The van der Waals surface area contributed by atoms with Crippen molar-refractivity contribution in [3.63, 3.8) is 0 Å². The van der Waals surface area contributed by atoms with E-state index in [2.05, 4.69) is 33.2 Å². The van der Waals surface area contributed by atoms with Crippen molar-refractivity contribution in [2.75, 3.05) is 26.7 Å². The van der Waals surface area contributed by atoms with Crippen molar-refractivity contribution in [1.29, 1.82) is 0 Å². The molecule has 45 heavy (non-hydrogen) atoms. The van der Waals surface area contributed by atoms with Gasteiger partial charge in [0.05, 0.1) is 13.2 Å². The van der Waals surface area contributed by atoms with Gasteiger partial charge in [-0.1, -0.05) is 54.1 Å². The summed E-state index contributed by atoms with van der Waals surface area (Å²) in [4.78, 5) is 35.2. The number of carbonyl (C=O) groups excluding carboxylic acids is 2. The Morgan fingerprint density at radius 3 is 2.44 bits per heavy atom. The molecule has 0 spiro atoms. The minimum absolute atomic E-state index is 0.0589. The maximum Gasteiger partial charge on any atom is 0.234 e. The largest absolute Gasteiger partial charge is 0.496 e. The topological polar surface area (TPSA) is 84.7 Å². The van der Waals surface area contributed by atoms with Crippen molar-refractivity contribution in [2.45, 2.75) is 39.3 Å². The van der Waals surface area contributed by atoms with Crippen LogP contribution in [-0.4, -0.2) is 69.5 Å². The molecule has 9 heteroatoms. The number of aromatic amines is 2. The molecule has 8 nitrogen and oxygen atoms in total. The van der Waals surface area contributed by atoms with Crippen LogP contribution in [0.4, 0.5) is 0 Å². The Morgan fingerprint density at radius 1 is 0.933 bits per heavy atom. The first-order valence-corrected chi connectivity index (χ1v) is 15.6. The number of hydrogen-bond donors (Lipinski definition) is 2. The monoisotopic (exact) mass is 623 g/mol. The van der Waals surface area contributed by atoms with Crippen LogP contribution in [0.3, 0.4) is 0 Å². The van der Waals surface area contributed by atoms with Crippen LogP contribution in [0.1, 0.15) is 37.0 Å². The summed E-state index contributed by atoms with van der Waals surface area (Å²) < 4.78 is 5.59. The molecule has 3 aromatic carbocycles. The predicted octanol–water partition coefficient (Wildman–Crippen LogP) is 6.82. The highest BCUT2D eigenvalue weighted by atomic mass is 35.5. The highest BCUT2D eigenvalue weighted by Gasteiger charge is 2.32. The van der Waals surface area contributed by atoms with Gasteiger partial charge >= 0.3 is 0 Å². The summed E-state index contributed by atoms with van der Waals surface area (Å²) in [6, 6.07) is 21.5. The van der Waals surface area contributed by atoms with Crippen LogP contribution in [0, 0.1) is 0 Å². The second-order valence-corrected chi connectivity index (χ2v) is 12.0. The number of methoxy groups -OCH3 is 1. The summed E-state index contributed by atoms with van der Waals surface area (Å²) in [6.07, 6.45) is 7.59. The summed E-state index contributed by atoms with van der Waals surface area (Å²) in [5.41, 5.74) is 6.46. The van der Waals surface area contributed by atoms with Crippen LogP contribution >= 0.6 is 11.6 Å². The fourth-order valence-electron chi connectivity index (χ4n) is 6.53. The van der Waals surface area contributed by atoms with Gasteiger partial charge in [0.1, 0.15) is 5.75 Å². The van der Waals surface area contributed by atoms with E-state index in [1.165, 1.54) is 5.57 Å². The fourth-order valence-corrected chi connectivity index (χ4v) is 6.70. The van der Waals surface area contributed by atoms with E-state index in [0.717, 1.165) is 50.7 Å². The molecule has 232 valence electrons. The van der Waals surface area contributed by atoms with Gasteiger partial charge in [0.25, 0.3) is 0 Å². The molecular weight excluding hydrogens is 586 g/mol. The Kier molecular flexibility index (Phi) is 8.96. The number of halogens is 1. The number of amides is 2. The molecule has 0 radical (unpaired) electrons. The molecule has 2 amide bonds. The molecule has 0 fully saturated rings.